The molecule has 148 valence electrons. The molecule has 0 saturated carbocycles. The molecule has 2 amide bonds. The van der Waals surface area contributed by atoms with Crippen LogP contribution in [0.25, 0.3) is 0 Å². The molecule has 0 bridgehead atoms. The first-order valence-electron chi connectivity index (χ1n) is 8.73. The zero-order valence-corrected chi connectivity index (χ0v) is 15.1. The van der Waals surface area contributed by atoms with E-state index in [9.17, 15) is 22.8 Å². The summed E-state index contributed by atoms with van der Waals surface area (Å²) in [6, 6.07) is 23.9. The number of nitrogens with one attached hydrogen (secondary N) is 2. The first-order valence-corrected chi connectivity index (χ1v) is 8.73. The molecule has 2 N–H and O–H groups in total. The van der Waals surface area contributed by atoms with Crippen molar-refractivity contribution in [3.63, 3.8) is 0 Å². The second kappa shape index (κ2) is 8.60. The van der Waals surface area contributed by atoms with Crippen LogP contribution < -0.4 is 10.6 Å². The number of amides is 2. The van der Waals surface area contributed by atoms with Crippen LogP contribution in [-0.4, -0.2) is 18.0 Å². The van der Waals surface area contributed by atoms with Gasteiger partial charge in [0.05, 0.1) is 5.92 Å². The minimum atomic E-state index is -5.00. The van der Waals surface area contributed by atoms with Crippen LogP contribution in [0.5, 0.6) is 0 Å². The van der Waals surface area contributed by atoms with E-state index in [1.165, 1.54) is 24.3 Å². The summed E-state index contributed by atoms with van der Waals surface area (Å²) < 4.78 is 37.3. The molecule has 3 aromatic rings. The highest BCUT2D eigenvalue weighted by atomic mass is 19.4. The fraction of sp³-hybridized carbons (Fsp3) is 0.0909. The Labute approximate surface area is 165 Å². The lowest BCUT2D eigenvalue weighted by Crippen LogP contribution is -2.30. The van der Waals surface area contributed by atoms with Gasteiger partial charge in [-0.25, -0.2) is 0 Å². The van der Waals surface area contributed by atoms with Crippen molar-refractivity contribution >= 4 is 23.2 Å². The SMILES string of the molecule is O=C(Nc1cccc(NC(=O)C(F)(F)F)c1)C(c1ccccc1)c1ccccc1. The van der Waals surface area contributed by atoms with E-state index in [1.807, 2.05) is 60.7 Å². The van der Waals surface area contributed by atoms with Crippen LogP contribution in [-0.2, 0) is 9.59 Å². The summed E-state index contributed by atoms with van der Waals surface area (Å²) in [6.45, 7) is 0. The molecule has 3 aromatic carbocycles. The van der Waals surface area contributed by atoms with E-state index in [-0.39, 0.29) is 17.3 Å². The molecule has 0 fully saturated rings. The number of carbonyl (C=O) groups excluding carboxylic acids is 2. The summed E-state index contributed by atoms with van der Waals surface area (Å²) in [5, 5.41) is 4.49. The van der Waals surface area contributed by atoms with Crippen LogP contribution in [0, 0.1) is 0 Å². The van der Waals surface area contributed by atoms with Gasteiger partial charge in [-0.15, -0.1) is 0 Å². The maximum absolute atomic E-state index is 13.0. The quantitative estimate of drug-likeness (QED) is 0.638. The van der Waals surface area contributed by atoms with E-state index in [0.29, 0.717) is 0 Å². The third-order valence-corrected chi connectivity index (χ3v) is 4.17. The molecule has 29 heavy (non-hydrogen) atoms. The predicted octanol–water partition coefficient (Wildman–Crippen LogP) is 4.96. The smallest absolute Gasteiger partial charge is 0.325 e. The lowest BCUT2D eigenvalue weighted by Gasteiger charge is -2.18. The Morgan fingerprint density at radius 3 is 1.66 bits per heavy atom. The minimum absolute atomic E-state index is 0.0684. The molecular formula is C22H17F3N2O2. The van der Waals surface area contributed by atoms with E-state index in [4.69, 9.17) is 0 Å². The van der Waals surface area contributed by atoms with Gasteiger partial charge in [0.2, 0.25) is 5.91 Å². The zero-order chi connectivity index (χ0) is 20.9. The average Bonchev–Trinajstić information content (AvgIpc) is 2.69. The highest BCUT2D eigenvalue weighted by Crippen LogP contribution is 2.27. The Morgan fingerprint density at radius 2 is 1.17 bits per heavy atom. The highest BCUT2D eigenvalue weighted by molar-refractivity contribution is 5.99. The normalized spacial score (nSPS) is 11.2. The van der Waals surface area contributed by atoms with Crippen molar-refractivity contribution in [2.75, 3.05) is 10.6 Å². The van der Waals surface area contributed by atoms with Gasteiger partial charge in [0.25, 0.3) is 0 Å². The topological polar surface area (TPSA) is 58.2 Å². The Hall–Kier alpha value is -3.61. The van der Waals surface area contributed by atoms with E-state index in [0.717, 1.165) is 11.1 Å². The lowest BCUT2D eigenvalue weighted by molar-refractivity contribution is -0.167. The van der Waals surface area contributed by atoms with Crippen molar-refractivity contribution in [1.82, 2.24) is 0 Å². The Kier molecular flexibility index (Phi) is 5.97. The largest absolute Gasteiger partial charge is 0.471 e. The minimum Gasteiger partial charge on any atom is -0.325 e. The Morgan fingerprint density at radius 1 is 0.690 bits per heavy atom. The van der Waals surface area contributed by atoms with Gasteiger partial charge in [0.1, 0.15) is 0 Å². The Balaban J connectivity index is 1.84. The number of benzene rings is 3. The molecule has 0 aliphatic carbocycles. The summed E-state index contributed by atoms with van der Waals surface area (Å²) in [6.07, 6.45) is -5.00. The van der Waals surface area contributed by atoms with Gasteiger partial charge in [-0.2, -0.15) is 13.2 Å². The molecule has 0 unspecified atom stereocenters. The van der Waals surface area contributed by atoms with Crippen LogP contribution in [0.4, 0.5) is 24.5 Å². The van der Waals surface area contributed by atoms with Crippen molar-refractivity contribution < 1.29 is 22.8 Å². The predicted molar refractivity (Wildman–Crippen MR) is 104 cm³/mol. The van der Waals surface area contributed by atoms with Crippen molar-refractivity contribution in [1.29, 1.82) is 0 Å². The maximum Gasteiger partial charge on any atom is 0.471 e. The van der Waals surface area contributed by atoms with Gasteiger partial charge < -0.3 is 10.6 Å². The molecule has 0 radical (unpaired) electrons. The molecule has 7 heteroatoms. The van der Waals surface area contributed by atoms with E-state index in [1.54, 1.807) is 5.32 Å². The second-order valence-electron chi connectivity index (χ2n) is 6.28. The Bertz CT molecular complexity index is 950. The number of hydrogen-bond donors (Lipinski definition) is 2. The number of rotatable bonds is 5. The van der Waals surface area contributed by atoms with Crippen LogP contribution in [0.15, 0.2) is 84.9 Å². The molecule has 0 saturated heterocycles. The van der Waals surface area contributed by atoms with Gasteiger partial charge in [-0.3, -0.25) is 9.59 Å². The van der Waals surface area contributed by atoms with E-state index < -0.39 is 18.0 Å². The summed E-state index contributed by atoms with van der Waals surface area (Å²) in [5.74, 6) is -3.03. The average molecular weight is 398 g/mol. The van der Waals surface area contributed by atoms with Crippen molar-refractivity contribution in [3.05, 3.63) is 96.1 Å². The molecule has 4 nitrogen and oxygen atoms in total. The third-order valence-electron chi connectivity index (χ3n) is 4.17. The molecular weight excluding hydrogens is 381 g/mol. The van der Waals surface area contributed by atoms with Gasteiger partial charge >= 0.3 is 12.1 Å². The van der Waals surface area contributed by atoms with Gasteiger partial charge in [-0.05, 0) is 29.3 Å². The van der Waals surface area contributed by atoms with E-state index in [2.05, 4.69) is 5.32 Å². The monoisotopic (exact) mass is 398 g/mol. The fourth-order valence-corrected chi connectivity index (χ4v) is 2.88. The first-order chi connectivity index (χ1) is 13.8. The molecule has 0 aliphatic heterocycles. The van der Waals surface area contributed by atoms with Crippen molar-refractivity contribution in [2.45, 2.75) is 12.1 Å². The van der Waals surface area contributed by atoms with E-state index >= 15 is 0 Å². The summed E-state index contributed by atoms with van der Waals surface area (Å²) in [7, 11) is 0. The van der Waals surface area contributed by atoms with Gasteiger partial charge in [0, 0.05) is 11.4 Å². The van der Waals surface area contributed by atoms with Crippen molar-refractivity contribution in [3.8, 4) is 0 Å². The standard InChI is InChI=1S/C22H17F3N2O2/c23-22(24,25)21(29)27-18-13-7-12-17(14-18)26-20(28)19(15-8-3-1-4-9-15)16-10-5-2-6-11-16/h1-14,19H,(H,26,28)(H,27,29). The first kappa shape index (κ1) is 20.1. The van der Waals surface area contributed by atoms with Crippen LogP contribution in [0.1, 0.15) is 17.0 Å². The maximum atomic E-state index is 13.0. The lowest BCUT2D eigenvalue weighted by atomic mass is 9.90. The molecule has 3 rings (SSSR count). The molecule has 0 heterocycles. The molecule has 0 aromatic heterocycles. The summed E-state index contributed by atoms with van der Waals surface area (Å²) in [5.41, 5.74) is 1.75. The van der Waals surface area contributed by atoms with Gasteiger partial charge in [0.15, 0.2) is 0 Å². The molecule has 0 spiro atoms. The van der Waals surface area contributed by atoms with Gasteiger partial charge in [-0.1, -0.05) is 66.7 Å². The fourth-order valence-electron chi connectivity index (χ4n) is 2.88. The number of carbonyl (C=O) groups is 2. The number of hydrogen-bond acceptors (Lipinski definition) is 2. The number of anilines is 2. The molecule has 0 atom stereocenters. The molecule has 0 aliphatic rings. The van der Waals surface area contributed by atoms with Crippen LogP contribution in [0.2, 0.25) is 0 Å². The van der Waals surface area contributed by atoms with Crippen LogP contribution >= 0.6 is 0 Å². The highest BCUT2D eigenvalue weighted by Gasteiger charge is 2.38. The van der Waals surface area contributed by atoms with Crippen LogP contribution in [0.3, 0.4) is 0 Å². The zero-order valence-electron chi connectivity index (χ0n) is 15.1. The van der Waals surface area contributed by atoms with Crippen molar-refractivity contribution in [2.24, 2.45) is 0 Å². The summed E-state index contributed by atoms with van der Waals surface area (Å²) >= 11 is 0. The second-order valence-corrected chi connectivity index (χ2v) is 6.28. The number of alkyl halides is 3. The third kappa shape index (κ3) is 5.22. The number of halogens is 3. The summed E-state index contributed by atoms with van der Waals surface area (Å²) in [4.78, 5) is 24.2.